The Morgan fingerprint density at radius 1 is 1.03 bits per heavy atom. The van der Waals surface area contributed by atoms with E-state index in [1.54, 1.807) is 0 Å². The minimum absolute atomic E-state index is 0.288. The number of esters is 1. The summed E-state index contributed by atoms with van der Waals surface area (Å²) in [5, 5.41) is 0. The molecule has 0 saturated carbocycles. The molecule has 0 amide bonds. The number of nitrogens with zero attached hydrogens (tertiary/aromatic N) is 2. The highest BCUT2D eigenvalue weighted by molar-refractivity contribution is 5.89. The summed E-state index contributed by atoms with van der Waals surface area (Å²) in [5.74, 6) is -0.288. The van der Waals surface area contributed by atoms with Gasteiger partial charge in [0.15, 0.2) is 0 Å². The quantitative estimate of drug-likeness (QED) is 0.632. The van der Waals surface area contributed by atoms with Gasteiger partial charge in [0.05, 0.1) is 25.9 Å². The standard InChI is InChI=1S/C27H34N2O3/c1-20-16-28(18-22-8-10-24(11-9-22)27(30)31-3)17-21(2)29(20)19-25-6-4-5-7-26(25)23-12-14-32-15-13-23/h4-12,20-21H,13-19H2,1-3H3/t20-,21+. The molecule has 0 unspecified atom stereocenters. The van der Waals surface area contributed by atoms with Gasteiger partial charge >= 0.3 is 5.97 Å². The average molecular weight is 435 g/mol. The van der Waals surface area contributed by atoms with Crippen molar-refractivity contribution in [2.75, 3.05) is 33.4 Å². The summed E-state index contributed by atoms with van der Waals surface area (Å²) >= 11 is 0. The molecule has 2 aromatic carbocycles. The summed E-state index contributed by atoms with van der Waals surface area (Å²) in [6, 6.07) is 17.5. The van der Waals surface area contributed by atoms with Crippen LogP contribution in [-0.4, -0.2) is 61.3 Å². The van der Waals surface area contributed by atoms with Gasteiger partial charge in [-0.05, 0) is 54.7 Å². The zero-order valence-electron chi connectivity index (χ0n) is 19.4. The molecule has 5 nitrogen and oxygen atoms in total. The average Bonchev–Trinajstić information content (AvgIpc) is 2.82. The Bertz CT molecular complexity index is 942. The zero-order valence-corrected chi connectivity index (χ0v) is 19.4. The number of hydrogen-bond donors (Lipinski definition) is 0. The molecular weight excluding hydrogens is 400 g/mol. The summed E-state index contributed by atoms with van der Waals surface area (Å²) < 4.78 is 10.3. The maximum absolute atomic E-state index is 11.7. The van der Waals surface area contributed by atoms with Gasteiger partial charge in [0.2, 0.25) is 0 Å². The zero-order chi connectivity index (χ0) is 22.5. The van der Waals surface area contributed by atoms with Crippen molar-refractivity contribution in [2.45, 2.75) is 45.4 Å². The molecule has 1 saturated heterocycles. The SMILES string of the molecule is COC(=O)c1ccc(CN2C[C@@H](C)N(Cc3ccccc3C3=CCOCC3)[C@@H](C)C2)cc1. The van der Waals surface area contributed by atoms with Crippen LogP contribution in [0.5, 0.6) is 0 Å². The lowest BCUT2D eigenvalue weighted by molar-refractivity contribution is 0.0289. The smallest absolute Gasteiger partial charge is 0.337 e. The maximum atomic E-state index is 11.7. The first kappa shape index (κ1) is 22.7. The van der Waals surface area contributed by atoms with Gasteiger partial charge in [0.1, 0.15) is 0 Å². The van der Waals surface area contributed by atoms with Crippen LogP contribution in [0, 0.1) is 0 Å². The van der Waals surface area contributed by atoms with Gasteiger partial charge in [-0.15, -0.1) is 0 Å². The van der Waals surface area contributed by atoms with E-state index in [4.69, 9.17) is 9.47 Å². The Kier molecular flexibility index (Phi) is 7.40. The van der Waals surface area contributed by atoms with Crippen molar-refractivity contribution < 1.29 is 14.3 Å². The van der Waals surface area contributed by atoms with Crippen LogP contribution in [0.15, 0.2) is 54.6 Å². The van der Waals surface area contributed by atoms with Gasteiger partial charge in [-0.1, -0.05) is 42.5 Å². The Hall–Kier alpha value is -2.47. The number of methoxy groups -OCH3 is 1. The minimum Gasteiger partial charge on any atom is -0.465 e. The minimum atomic E-state index is -0.288. The molecule has 1 fully saturated rings. The van der Waals surface area contributed by atoms with E-state index < -0.39 is 0 Å². The lowest BCUT2D eigenvalue weighted by Crippen LogP contribution is -2.55. The monoisotopic (exact) mass is 434 g/mol. The Morgan fingerprint density at radius 3 is 2.41 bits per heavy atom. The molecule has 2 aliphatic heterocycles. The van der Waals surface area contributed by atoms with Crippen LogP contribution in [-0.2, 0) is 22.6 Å². The van der Waals surface area contributed by atoms with Crippen LogP contribution in [0.3, 0.4) is 0 Å². The normalized spacial score (nSPS) is 22.4. The van der Waals surface area contributed by atoms with Gasteiger partial charge in [-0.3, -0.25) is 9.80 Å². The molecule has 0 spiro atoms. The van der Waals surface area contributed by atoms with E-state index in [2.05, 4.69) is 54.0 Å². The maximum Gasteiger partial charge on any atom is 0.337 e. The van der Waals surface area contributed by atoms with Gasteiger partial charge < -0.3 is 9.47 Å². The Balaban J connectivity index is 1.41. The molecule has 4 rings (SSSR count). The highest BCUT2D eigenvalue weighted by Gasteiger charge is 2.30. The van der Waals surface area contributed by atoms with Crippen molar-refractivity contribution in [2.24, 2.45) is 0 Å². The fraction of sp³-hybridized carbons (Fsp3) is 0.444. The molecule has 0 aromatic heterocycles. The van der Waals surface area contributed by atoms with E-state index in [0.717, 1.165) is 45.8 Å². The summed E-state index contributed by atoms with van der Waals surface area (Å²) in [7, 11) is 1.41. The largest absolute Gasteiger partial charge is 0.465 e. The van der Waals surface area contributed by atoms with Crippen LogP contribution in [0.25, 0.3) is 5.57 Å². The van der Waals surface area contributed by atoms with E-state index in [1.165, 1.54) is 29.4 Å². The van der Waals surface area contributed by atoms with Gasteiger partial charge in [-0.2, -0.15) is 0 Å². The van der Waals surface area contributed by atoms with E-state index in [1.807, 2.05) is 24.3 Å². The number of hydrogen-bond acceptors (Lipinski definition) is 5. The van der Waals surface area contributed by atoms with E-state index in [0.29, 0.717) is 17.6 Å². The summed E-state index contributed by atoms with van der Waals surface area (Å²) in [6.07, 6.45) is 3.23. The third kappa shape index (κ3) is 5.29. The second-order valence-electron chi connectivity index (χ2n) is 8.96. The summed E-state index contributed by atoms with van der Waals surface area (Å²) in [4.78, 5) is 16.8. The molecule has 0 bridgehead atoms. The lowest BCUT2D eigenvalue weighted by Gasteiger charge is -2.45. The number of benzene rings is 2. The molecule has 2 aliphatic rings. The molecule has 2 heterocycles. The van der Waals surface area contributed by atoms with Gasteiger partial charge in [-0.25, -0.2) is 4.79 Å². The van der Waals surface area contributed by atoms with E-state index in [-0.39, 0.29) is 5.97 Å². The Morgan fingerprint density at radius 2 is 1.75 bits per heavy atom. The fourth-order valence-corrected chi connectivity index (χ4v) is 4.97. The van der Waals surface area contributed by atoms with Crippen LogP contribution in [0.4, 0.5) is 0 Å². The third-order valence-electron chi connectivity index (χ3n) is 6.64. The second kappa shape index (κ2) is 10.4. The van der Waals surface area contributed by atoms with Crippen LogP contribution < -0.4 is 0 Å². The lowest BCUT2D eigenvalue weighted by atomic mass is 9.95. The molecule has 2 atom stereocenters. The van der Waals surface area contributed by atoms with Gasteiger partial charge in [0.25, 0.3) is 0 Å². The highest BCUT2D eigenvalue weighted by Crippen LogP contribution is 2.28. The number of carbonyl (C=O) groups is 1. The molecule has 32 heavy (non-hydrogen) atoms. The number of rotatable bonds is 6. The molecule has 0 aliphatic carbocycles. The van der Waals surface area contributed by atoms with E-state index in [9.17, 15) is 4.79 Å². The fourth-order valence-electron chi connectivity index (χ4n) is 4.97. The Labute approximate surface area is 191 Å². The van der Waals surface area contributed by atoms with Gasteiger partial charge in [0, 0.05) is 38.3 Å². The van der Waals surface area contributed by atoms with Crippen LogP contribution >= 0.6 is 0 Å². The van der Waals surface area contributed by atoms with Crippen LogP contribution in [0.1, 0.15) is 47.3 Å². The highest BCUT2D eigenvalue weighted by atomic mass is 16.5. The van der Waals surface area contributed by atoms with Crippen LogP contribution in [0.2, 0.25) is 0 Å². The molecule has 0 N–H and O–H groups in total. The molecule has 170 valence electrons. The first-order chi connectivity index (χ1) is 15.5. The number of carbonyl (C=O) groups excluding carboxylic acids is 1. The summed E-state index contributed by atoms with van der Waals surface area (Å²) in [5.41, 5.74) is 6.03. The molecule has 0 radical (unpaired) electrons. The number of piperazine rings is 1. The molecule has 2 aromatic rings. The summed E-state index contributed by atoms with van der Waals surface area (Å²) in [6.45, 7) is 10.1. The second-order valence-corrected chi connectivity index (χ2v) is 8.96. The van der Waals surface area contributed by atoms with Crippen molar-refractivity contribution in [3.05, 3.63) is 76.9 Å². The first-order valence-electron chi connectivity index (χ1n) is 11.6. The predicted molar refractivity (Wildman–Crippen MR) is 127 cm³/mol. The van der Waals surface area contributed by atoms with Crippen molar-refractivity contribution in [1.29, 1.82) is 0 Å². The topological polar surface area (TPSA) is 42.0 Å². The first-order valence-corrected chi connectivity index (χ1v) is 11.6. The molecular formula is C27H34N2O3. The van der Waals surface area contributed by atoms with Crippen molar-refractivity contribution in [3.8, 4) is 0 Å². The molecule has 5 heteroatoms. The van der Waals surface area contributed by atoms with Crippen molar-refractivity contribution in [1.82, 2.24) is 9.80 Å². The van der Waals surface area contributed by atoms with Crippen molar-refractivity contribution >= 4 is 11.5 Å². The van der Waals surface area contributed by atoms with E-state index >= 15 is 0 Å². The third-order valence-corrected chi connectivity index (χ3v) is 6.64. The van der Waals surface area contributed by atoms with Crippen molar-refractivity contribution in [3.63, 3.8) is 0 Å². The number of ether oxygens (including phenoxy) is 2. The predicted octanol–water partition coefficient (Wildman–Crippen LogP) is 4.37.